The Kier molecular flexibility index (Phi) is 23.7. The van der Waals surface area contributed by atoms with Crippen LogP contribution in [0.3, 0.4) is 0 Å². The van der Waals surface area contributed by atoms with Crippen molar-refractivity contribution in [3.8, 4) is 0 Å². The minimum atomic E-state index is -0.227. The van der Waals surface area contributed by atoms with E-state index >= 15 is 0 Å². The summed E-state index contributed by atoms with van der Waals surface area (Å²) in [5, 5.41) is 0. The van der Waals surface area contributed by atoms with Crippen LogP contribution in [0.4, 0.5) is 11.4 Å². The van der Waals surface area contributed by atoms with Crippen LogP contribution in [0.2, 0.25) is 0 Å². The van der Waals surface area contributed by atoms with Gasteiger partial charge in [0.1, 0.15) is 11.6 Å². The summed E-state index contributed by atoms with van der Waals surface area (Å²) in [6.45, 7) is 17.7. The standard InChI is InChI=1S/C10H21NO.C8H18.C7H10N2.C3H6O/c1-4-6-10(11,7-5-2)8-9(3)12;1-4-6-8(3)7-5-2;1-5-2-6(8)4-7(9)3-5;1-3(2)4/h4-8,11H2,1-3H3;8H,4-7H2,1-3H3;2-4H,8-9H2,1H3;1-2H3. The number of rotatable bonds is 10. The number of hydrogen-bond donors (Lipinski definition) is 3. The lowest BCUT2D eigenvalue weighted by Gasteiger charge is -2.27. The number of carbonyl (C=O) groups excluding carboxylic acids is 2. The number of benzene rings is 1. The number of nitrogens with two attached hydrogens (primary N) is 3. The van der Waals surface area contributed by atoms with Gasteiger partial charge in [-0.3, -0.25) is 4.79 Å². The van der Waals surface area contributed by atoms with Crippen LogP contribution in [-0.2, 0) is 9.59 Å². The molecule has 0 aliphatic heterocycles. The molecule has 0 atom stereocenters. The van der Waals surface area contributed by atoms with Crippen molar-refractivity contribution in [3.05, 3.63) is 23.8 Å². The van der Waals surface area contributed by atoms with E-state index in [4.69, 9.17) is 17.2 Å². The molecule has 0 bridgehead atoms. The van der Waals surface area contributed by atoms with E-state index < -0.39 is 0 Å². The van der Waals surface area contributed by atoms with Crippen LogP contribution in [0.5, 0.6) is 0 Å². The minimum absolute atomic E-state index is 0.167. The van der Waals surface area contributed by atoms with Crippen LogP contribution in [0.15, 0.2) is 18.2 Å². The van der Waals surface area contributed by atoms with Gasteiger partial charge in [0.25, 0.3) is 0 Å². The summed E-state index contributed by atoms with van der Waals surface area (Å²) in [6.07, 6.45) is 10.1. The first-order valence-electron chi connectivity index (χ1n) is 12.6. The molecule has 194 valence electrons. The summed E-state index contributed by atoms with van der Waals surface area (Å²) in [5.74, 6) is 1.34. The fourth-order valence-corrected chi connectivity index (χ4v) is 3.77. The highest BCUT2D eigenvalue weighted by atomic mass is 16.1. The van der Waals surface area contributed by atoms with E-state index in [2.05, 4.69) is 34.6 Å². The van der Waals surface area contributed by atoms with Crippen molar-refractivity contribution in [2.75, 3.05) is 11.5 Å². The zero-order chi connectivity index (χ0) is 26.4. The molecule has 5 nitrogen and oxygen atoms in total. The van der Waals surface area contributed by atoms with Crippen molar-refractivity contribution >= 4 is 22.9 Å². The molecule has 5 heteroatoms. The maximum absolute atomic E-state index is 10.9. The zero-order valence-electron chi connectivity index (χ0n) is 23.2. The highest BCUT2D eigenvalue weighted by molar-refractivity contribution is 5.76. The largest absolute Gasteiger partial charge is 0.399 e. The molecule has 0 amide bonds. The summed E-state index contributed by atoms with van der Waals surface area (Å²) in [7, 11) is 0. The van der Waals surface area contributed by atoms with Gasteiger partial charge in [-0.15, -0.1) is 0 Å². The molecule has 0 radical (unpaired) electrons. The second kappa shape index (κ2) is 21.9. The molecule has 0 unspecified atom stereocenters. The number of Topliss-reactive ketones (excluding diaryl/α,β-unsaturated/α-hetero) is 2. The summed E-state index contributed by atoms with van der Waals surface area (Å²) >= 11 is 0. The third-order valence-corrected chi connectivity index (χ3v) is 4.78. The van der Waals surface area contributed by atoms with E-state index in [0.29, 0.717) is 6.42 Å². The summed E-state index contributed by atoms with van der Waals surface area (Å²) < 4.78 is 0. The molecule has 0 aliphatic carbocycles. The smallest absolute Gasteiger partial charge is 0.131 e. The lowest BCUT2D eigenvalue weighted by Crippen LogP contribution is -2.41. The normalized spacial score (nSPS) is 10.2. The molecule has 1 aromatic rings. The van der Waals surface area contributed by atoms with Gasteiger partial charge in [-0.1, -0.05) is 73.1 Å². The van der Waals surface area contributed by atoms with E-state index in [1.54, 1.807) is 13.0 Å². The first-order valence-corrected chi connectivity index (χ1v) is 12.6. The van der Waals surface area contributed by atoms with Crippen LogP contribution in [0.1, 0.15) is 119 Å². The Bertz CT molecular complexity index is 563. The molecule has 0 aliphatic rings. The quantitative estimate of drug-likeness (QED) is 0.315. The predicted molar refractivity (Wildman–Crippen MR) is 147 cm³/mol. The average Bonchev–Trinajstić information content (AvgIpc) is 2.61. The van der Waals surface area contributed by atoms with Crippen molar-refractivity contribution in [1.29, 1.82) is 0 Å². The second-order valence-corrected chi connectivity index (χ2v) is 9.51. The van der Waals surface area contributed by atoms with E-state index in [1.165, 1.54) is 39.5 Å². The maximum Gasteiger partial charge on any atom is 0.131 e. The number of ketones is 2. The van der Waals surface area contributed by atoms with Crippen LogP contribution in [-0.4, -0.2) is 17.1 Å². The molecule has 0 spiro atoms. The van der Waals surface area contributed by atoms with Crippen molar-refractivity contribution in [2.45, 2.75) is 126 Å². The third kappa shape index (κ3) is 28.1. The SMILES string of the molecule is CC(C)=O.CCCC(C)CCC.CCCC(N)(CCC)CC(C)=O.Cc1cc(N)cc(N)c1. The molecule has 0 aromatic heterocycles. The summed E-state index contributed by atoms with van der Waals surface area (Å²) in [4.78, 5) is 20.4. The Morgan fingerprint density at radius 2 is 1.18 bits per heavy atom. The lowest BCUT2D eigenvalue weighted by atomic mass is 9.85. The van der Waals surface area contributed by atoms with Crippen molar-refractivity contribution in [2.24, 2.45) is 11.7 Å². The zero-order valence-corrected chi connectivity index (χ0v) is 23.2. The Morgan fingerprint density at radius 1 is 0.818 bits per heavy atom. The molecule has 1 aromatic carbocycles. The van der Waals surface area contributed by atoms with Gasteiger partial charge in [-0.05, 0) is 70.2 Å². The van der Waals surface area contributed by atoms with E-state index in [-0.39, 0.29) is 17.1 Å². The highest BCUT2D eigenvalue weighted by Gasteiger charge is 2.24. The topological polar surface area (TPSA) is 112 Å². The Balaban J connectivity index is -0.000000385. The number of carbonyl (C=O) groups is 2. The molecule has 0 heterocycles. The van der Waals surface area contributed by atoms with Gasteiger partial charge in [-0.25, -0.2) is 0 Å². The molecule has 0 saturated heterocycles. The van der Waals surface area contributed by atoms with Crippen LogP contribution < -0.4 is 17.2 Å². The molecule has 6 N–H and O–H groups in total. The molecular weight excluding hydrogens is 410 g/mol. The van der Waals surface area contributed by atoms with Gasteiger partial charge in [0.15, 0.2) is 0 Å². The van der Waals surface area contributed by atoms with Crippen molar-refractivity contribution in [1.82, 2.24) is 0 Å². The Morgan fingerprint density at radius 3 is 1.42 bits per heavy atom. The van der Waals surface area contributed by atoms with Gasteiger partial charge in [0, 0.05) is 23.3 Å². The minimum Gasteiger partial charge on any atom is -0.399 e. The van der Waals surface area contributed by atoms with E-state index in [9.17, 15) is 9.59 Å². The van der Waals surface area contributed by atoms with E-state index in [1.807, 2.05) is 19.1 Å². The highest BCUT2D eigenvalue weighted by Crippen LogP contribution is 2.20. The fraction of sp³-hybridized carbons (Fsp3) is 0.714. The number of aryl methyl sites for hydroxylation is 1. The van der Waals surface area contributed by atoms with Gasteiger partial charge in [-0.2, -0.15) is 0 Å². The first kappa shape index (κ1) is 35.7. The van der Waals surface area contributed by atoms with Gasteiger partial charge >= 0.3 is 0 Å². The third-order valence-electron chi connectivity index (χ3n) is 4.78. The molecule has 0 saturated carbocycles. The monoisotopic (exact) mass is 465 g/mol. The Hall–Kier alpha value is -1.88. The lowest BCUT2D eigenvalue weighted by molar-refractivity contribution is -0.118. The molecular formula is C28H55N3O2. The molecule has 1 rings (SSSR count). The van der Waals surface area contributed by atoms with Crippen LogP contribution in [0.25, 0.3) is 0 Å². The number of hydrogen-bond acceptors (Lipinski definition) is 5. The van der Waals surface area contributed by atoms with Crippen molar-refractivity contribution < 1.29 is 9.59 Å². The second-order valence-electron chi connectivity index (χ2n) is 9.51. The summed E-state index contributed by atoms with van der Waals surface area (Å²) in [5.41, 5.74) is 19.4. The van der Waals surface area contributed by atoms with Gasteiger partial charge in [0.2, 0.25) is 0 Å². The molecule has 33 heavy (non-hydrogen) atoms. The van der Waals surface area contributed by atoms with Gasteiger partial charge < -0.3 is 22.0 Å². The number of nitrogen functional groups attached to an aromatic ring is 2. The number of anilines is 2. The summed E-state index contributed by atoms with van der Waals surface area (Å²) in [6, 6.07) is 5.51. The maximum atomic E-state index is 10.9. The Labute approximate surface area is 205 Å². The van der Waals surface area contributed by atoms with E-state index in [0.717, 1.165) is 48.5 Å². The fourth-order valence-electron chi connectivity index (χ4n) is 3.77. The molecule has 0 fully saturated rings. The van der Waals surface area contributed by atoms with Crippen LogP contribution in [0, 0.1) is 12.8 Å². The van der Waals surface area contributed by atoms with Crippen LogP contribution >= 0.6 is 0 Å². The first-order chi connectivity index (χ1) is 15.3. The van der Waals surface area contributed by atoms with Gasteiger partial charge in [0.05, 0.1) is 0 Å². The average molecular weight is 466 g/mol. The van der Waals surface area contributed by atoms with Crippen molar-refractivity contribution in [3.63, 3.8) is 0 Å². The predicted octanol–water partition coefficient (Wildman–Crippen LogP) is 7.24.